The molecule has 0 amide bonds. The number of carbonyl (C=O) groups is 5. The molecule has 14 bridgehead atoms. The molecule has 0 radical (unpaired) electrons. The summed E-state index contributed by atoms with van der Waals surface area (Å²) >= 11 is 5.99. The molecule has 7 spiro atoms. The number of aliphatic hydroxyl groups excluding tert-OH is 1. The van der Waals surface area contributed by atoms with Crippen molar-refractivity contribution in [3.05, 3.63) is 109 Å². The molecule has 18 fully saturated rings. The number of Topliss-reactive ketones (excluding diaryl/α,β-unsaturated/α-hetero) is 4. The standard InChI is InChI=1S/C19H19FN2O.C15H25O5P.C15H20O4.C13H15ClN2O.C13H16N2O2.C11H16O2.C10H14O2/c1-23-11-19-7-6-14(18(19)8-9-18)13-10-16(21-22-17(13)19)12-4-2-3-5-15(12)20;1-4-19-21(17,20-5-2)12-11-6-7-15(10-18-3,13(12)16)14(11)8-9-14;1-3-19-12(16)8-10-11-4-5-15(9-18-2,13(10)17)14(11)6-7-14;1-17-7-13-3-2-9(12(13)4-5-12)8-6-10(14)15-16-11(8)13;1-17-7-13-3-2-9(12(13)4-5-12)8-6-10(16)14-15-11(8)13;1-13-7-11-3-2-8(6-9(11)12)10(11)4-5-10;11-6-10-2-1-7(5-8(10)12)9(10)3-4-9/h2-5,10,14H,6-9,11H2,1H3;11-12H,4-10H2,1-3H3;8,11H,3-7,9H2,1-2H3;6,9H,2-5,7H2,1H3;6,9H,2-5,7H2,1H3,(H,14,16);8H,2-7H2,1H3;7,11H,1-6H2/b;;10-8-;;;;. The molecule has 4 aromatic rings. The van der Waals surface area contributed by atoms with E-state index in [9.17, 15) is 42.8 Å². The van der Waals surface area contributed by atoms with Gasteiger partial charge in [-0.3, -0.25) is 28.5 Å². The average molecular weight is 1720 g/mol. The number of methoxy groups -OCH3 is 6. The fraction of sp³-hybridized carbons (Fsp3) is 0.740. The van der Waals surface area contributed by atoms with Crippen LogP contribution < -0.4 is 5.56 Å². The van der Waals surface area contributed by atoms with Gasteiger partial charge in [-0.1, -0.05) is 23.7 Å². The zero-order chi connectivity index (χ0) is 85.5. The number of aromatic amines is 1. The zero-order valence-electron chi connectivity index (χ0n) is 72.9. The van der Waals surface area contributed by atoms with Crippen LogP contribution in [0.2, 0.25) is 5.15 Å². The van der Waals surface area contributed by atoms with Crippen molar-refractivity contribution in [2.24, 2.45) is 83.2 Å². The largest absolute Gasteiger partial charge is 0.463 e. The van der Waals surface area contributed by atoms with Crippen LogP contribution in [0.3, 0.4) is 0 Å². The molecule has 25 rings (SSSR count). The molecule has 3 heterocycles. The van der Waals surface area contributed by atoms with Crippen LogP contribution in [0.4, 0.5) is 4.39 Å². The lowest BCUT2D eigenvalue weighted by molar-refractivity contribution is -0.138. The summed E-state index contributed by atoms with van der Waals surface area (Å²) in [5.74, 6) is 3.95. The van der Waals surface area contributed by atoms with Crippen LogP contribution in [0.1, 0.15) is 265 Å². The van der Waals surface area contributed by atoms with E-state index in [0.717, 1.165) is 127 Å². The first kappa shape index (κ1) is 85.7. The Hall–Kier alpha value is -5.76. The van der Waals surface area contributed by atoms with Crippen LogP contribution in [-0.2, 0) is 87.0 Å². The van der Waals surface area contributed by atoms with Crippen molar-refractivity contribution in [3.63, 3.8) is 0 Å². The summed E-state index contributed by atoms with van der Waals surface area (Å²) in [5, 5.41) is 34.3. The summed E-state index contributed by atoms with van der Waals surface area (Å²) in [7, 11) is 6.97. The quantitative estimate of drug-likeness (QED) is 0.0445. The summed E-state index contributed by atoms with van der Waals surface area (Å²) in [6, 6.07) is 12.7. The predicted molar refractivity (Wildman–Crippen MR) is 450 cm³/mol. The summed E-state index contributed by atoms with van der Waals surface area (Å²) < 4.78 is 75.7. The molecular weight excluding hydrogens is 1590 g/mol. The number of hydrogen-bond acceptors (Lipinski definition) is 22. The number of fused-ring (bicyclic) bond motifs is 9. The van der Waals surface area contributed by atoms with E-state index in [0.29, 0.717) is 124 Å². The summed E-state index contributed by atoms with van der Waals surface area (Å²) in [6.07, 6.45) is 35.4. The van der Waals surface area contributed by atoms with Crippen molar-refractivity contribution >= 4 is 48.3 Å². The molecule has 0 saturated heterocycles. The van der Waals surface area contributed by atoms with Crippen LogP contribution >= 0.6 is 19.2 Å². The van der Waals surface area contributed by atoms with Crippen LogP contribution in [-0.4, -0.2) is 179 Å². The number of carbonyl (C=O) groups excluding carboxylic acids is 5. The molecule has 18 saturated carbocycles. The lowest BCUT2D eigenvalue weighted by Gasteiger charge is -2.32. The van der Waals surface area contributed by atoms with E-state index in [4.69, 9.17) is 53.8 Å². The van der Waals surface area contributed by atoms with Crippen LogP contribution in [0.25, 0.3) is 11.3 Å². The molecule has 122 heavy (non-hydrogen) atoms. The molecule has 21 aliphatic carbocycles. The maximum Gasteiger partial charge on any atom is 0.341 e. The second kappa shape index (κ2) is 30.5. The van der Waals surface area contributed by atoms with Gasteiger partial charge in [-0.15, -0.1) is 5.10 Å². The van der Waals surface area contributed by atoms with Crippen LogP contribution in [0.15, 0.2) is 58.9 Å². The smallest absolute Gasteiger partial charge is 0.341 e. The van der Waals surface area contributed by atoms with Gasteiger partial charge in [0.1, 0.15) is 23.0 Å². The molecule has 0 aliphatic heterocycles. The van der Waals surface area contributed by atoms with Crippen LogP contribution in [0.5, 0.6) is 0 Å². The maximum atomic E-state index is 14.1. The Labute approximate surface area is 720 Å². The highest BCUT2D eigenvalue weighted by Gasteiger charge is 2.82. The van der Waals surface area contributed by atoms with Gasteiger partial charge in [0.2, 0.25) is 0 Å². The van der Waals surface area contributed by atoms with Gasteiger partial charge < -0.3 is 47.3 Å². The van der Waals surface area contributed by atoms with E-state index in [1.807, 2.05) is 12.1 Å². The molecule has 1 aromatic carbocycles. The lowest BCUT2D eigenvalue weighted by atomic mass is 9.76. The Morgan fingerprint density at radius 1 is 0.492 bits per heavy atom. The monoisotopic (exact) mass is 1720 g/mol. The molecule has 26 heteroatoms. The molecule has 2 N–H and O–H groups in total. The van der Waals surface area contributed by atoms with Crippen molar-refractivity contribution in [1.82, 2.24) is 30.6 Å². The Morgan fingerprint density at radius 2 is 0.918 bits per heavy atom. The topological polar surface area (TPSA) is 303 Å². The zero-order valence-corrected chi connectivity index (χ0v) is 74.6. The Kier molecular flexibility index (Phi) is 21.4. The molecule has 660 valence electrons. The maximum absolute atomic E-state index is 14.1. The van der Waals surface area contributed by atoms with Gasteiger partial charge in [0, 0.05) is 95.0 Å². The van der Waals surface area contributed by atoms with Gasteiger partial charge in [0.05, 0.1) is 111 Å². The molecule has 23 nitrogen and oxygen atoms in total. The second-order valence-electron chi connectivity index (χ2n) is 41.0. The van der Waals surface area contributed by atoms with Gasteiger partial charge in [0.15, 0.2) is 16.7 Å². The minimum atomic E-state index is -3.38. The Bertz CT molecular complexity index is 5000. The van der Waals surface area contributed by atoms with Crippen molar-refractivity contribution in [3.8, 4) is 11.3 Å². The van der Waals surface area contributed by atoms with Crippen LogP contribution in [0, 0.1) is 89.1 Å². The minimum absolute atomic E-state index is 0.00855. The fourth-order valence-corrected chi connectivity index (χ4v) is 34.6. The number of nitrogens with zero attached hydrogens (tertiary/aromatic N) is 5. The summed E-state index contributed by atoms with van der Waals surface area (Å²) in [4.78, 5) is 72.5. The van der Waals surface area contributed by atoms with Gasteiger partial charge in [0.25, 0.3) is 5.56 Å². The SMILES string of the molecule is CCOC(=O)/C=C1\C(=O)C2(COC)CCC1C21CC1.CCOP(=O)(OCC)C1C(=O)C2(COC)CCC1C21CC1.COCC12CCC(CC1=O)C21CC1.COCC12CCC(c3cc(-c4ccccc4F)nnc31)C21CC1.COCC12CCC(c3cc(=O)[nH]nc31)C21CC1.COCC12CCC(c3cc(Cl)nnc31)C21CC1.O=C1CC2CCC1(CO)C21CC1. The first-order valence-corrected chi connectivity index (χ1v) is 48.0. The van der Waals surface area contributed by atoms with E-state index < -0.39 is 18.7 Å². The van der Waals surface area contributed by atoms with Gasteiger partial charge in [-0.05, 0) is 321 Å². The number of aromatic nitrogens is 6. The summed E-state index contributed by atoms with van der Waals surface area (Å²) in [6.45, 7) is 10.3. The number of benzene rings is 1. The lowest BCUT2D eigenvalue weighted by Crippen LogP contribution is -2.40. The Morgan fingerprint density at radius 3 is 1.40 bits per heavy atom. The number of esters is 1. The fourth-order valence-electron chi connectivity index (χ4n) is 31.9. The van der Waals surface area contributed by atoms with Crippen molar-refractivity contribution in [1.29, 1.82) is 0 Å². The number of nitrogens with one attached hydrogen (secondary N) is 1. The van der Waals surface area contributed by atoms with E-state index in [2.05, 4.69) is 36.7 Å². The third kappa shape index (κ3) is 11.5. The number of rotatable bonds is 21. The number of halogens is 2. The number of hydrogen-bond donors (Lipinski definition) is 2. The number of allylic oxidation sites excluding steroid dienone is 1. The average Bonchev–Trinajstić information content (AvgIpc) is 1.48. The molecule has 15 unspecified atom stereocenters. The predicted octanol–water partition coefficient (Wildman–Crippen LogP) is 15.7. The highest BCUT2D eigenvalue weighted by atomic mass is 35.5. The minimum Gasteiger partial charge on any atom is -0.463 e. The number of ether oxygens (including phenoxy) is 7. The first-order valence-electron chi connectivity index (χ1n) is 46.1. The molecular formula is C96H125ClFN6O17P. The van der Waals surface area contributed by atoms with E-state index in [1.54, 1.807) is 81.6 Å². The number of aliphatic hydroxyl groups is 1. The normalized spacial score (nSPS) is 36.7. The van der Waals surface area contributed by atoms with E-state index in [1.165, 1.54) is 137 Å². The first-order chi connectivity index (χ1) is 58.8. The van der Waals surface area contributed by atoms with E-state index in [-0.39, 0.29) is 90.7 Å². The second-order valence-corrected chi connectivity index (χ2v) is 43.6. The summed E-state index contributed by atoms with van der Waals surface area (Å²) in [5.41, 5.74) is 9.63. The number of H-pyrrole nitrogens is 1. The molecule has 3 aromatic heterocycles. The van der Waals surface area contributed by atoms with E-state index >= 15 is 0 Å². The van der Waals surface area contributed by atoms with Crippen molar-refractivity contribution in [2.45, 2.75) is 253 Å². The Balaban J connectivity index is 0.0000000945. The third-order valence-corrected chi connectivity index (χ3v) is 40.3. The van der Waals surface area contributed by atoms with Gasteiger partial charge >= 0.3 is 13.6 Å². The highest BCUT2D eigenvalue weighted by Crippen LogP contribution is 2.85. The third-order valence-electron chi connectivity index (χ3n) is 37.6. The molecule has 21 aliphatic rings. The van der Waals surface area contributed by atoms with Gasteiger partial charge in [-0.2, -0.15) is 20.4 Å². The highest BCUT2D eigenvalue weighted by molar-refractivity contribution is 7.55. The molecule has 15 atom stereocenters. The van der Waals surface area contributed by atoms with Gasteiger partial charge in [-0.25, -0.2) is 14.3 Å². The van der Waals surface area contributed by atoms with Crippen molar-refractivity contribution < 1.29 is 80.2 Å². The van der Waals surface area contributed by atoms with Crippen molar-refractivity contribution in [2.75, 3.05) is 109 Å². The number of ketones is 4.